The highest BCUT2D eigenvalue weighted by molar-refractivity contribution is 7.15. The second-order valence-electron chi connectivity index (χ2n) is 5.51. The van der Waals surface area contributed by atoms with Gasteiger partial charge in [-0.2, -0.15) is 4.98 Å². The van der Waals surface area contributed by atoms with Crippen LogP contribution < -0.4 is 9.47 Å². The smallest absolute Gasteiger partial charge is 0.258 e. The van der Waals surface area contributed by atoms with Gasteiger partial charge in [-0.1, -0.05) is 5.16 Å². The summed E-state index contributed by atoms with van der Waals surface area (Å²) in [6, 6.07) is 9.34. The maximum atomic E-state index is 9.62. The summed E-state index contributed by atoms with van der Waals surface area (Å²) in [6.07, 6.45) is 0.357. The van der Waals surface area contributed by atoms with Crippen LogP contribution in [0.15, 0.2) is 34.9 Å². The standard InChI is InChI=1S/C17H16N2O4S/c1-10(20)14-5-6-15(24-14)16-18-17(23-19-16)11-3-4-12-13(9-11)22-8-2-7-21-12/h3-6,9-10,20H,2,7-8H2,1H3. The molecule has 1 unspecified atom stereocenters. The van der Waals surface area contributed by atoms with E-state index >= 15 is 0 Å². The van der Waals surface area contributed by atoms with Gasteiger partial charge >= 0.3 is 0 Å². The van der Waals surface area contributed by atoms with E-state index in [-0.39, 0.29) is 0 Å². The summed E-state index contributed by atoms with van der Waals surface area (Å²) in [4.78, 5) is 6.17. The number of aliphatic hydroxyl groups is 1. The van der Waals surface area contributed by atoms with Crippen molar-refractivity contribution in [2.45, 2.75) is 19.4 Å². The molecule has 0 bridgehead atoms. The predicted molar refractivity (Wildman–Crippen MR) is 89.3 cm³/mol. The molecular weight excluding hydrogens is 328 g/mol. The van der Waals surface area contributed by atoms with Gasteiger partial charge in [-0.3, -0.25) is 0 Å². The van der Waals surface area contributed by atoms with Gasteiger partial charge in [0.1, 0.15) is 0 Å². The number of ether oxygens (including phenoxy) is 2. The van der Waals surface area contributed by atoms with E-state index in [1.807, 2.05) is 30.3 Å². The van der Waals surface area contributed by atoms with Gasteiger partial charge < -0.3 is 19.1 Å². The van der Waals surface area contributed by atoms with Crippen molar-refractivity contribution in [3.63, 3.8) is 0 Å². The summed E-state index contributed by atoms with van der Waals surface area (Å²) >= 11 is 1.45. The Morgan fingerprint density at radius 2 is 1.96 bits per heavy atom. The molecule has 1 aliphatic heterocycles. The number of fused-ring (bicyclic) bond motifs is 1. The largest absolute Gasteiger partial charge is 0.490 e. The molecule has 0 aliphatic carbocycles. The molecule has 0 amide bonds. The molecule has 1 N–H and O–H groups in total. The summed E-state index contributed by atoms with van der Waals surface area (Å²) in [7, 11) is 0. The molecule has 24 heavy (non-hydrogen) atoms. The minimum absolute atomic E-state index is 0.424. The Hall–Kier alpha value is -2.38. The third-order valence-corrected chi connectivity index (χ3v) is 4.93. The number of rotatable bonds is 3. The maximum Gasteiger partial charge on any atom is 0.258 e. The third kappa shape index (κ3) is 2.88. The van der Waals surface area contributed by atoms with Crippen LogP contribution in [0.25, 0.3) is 22.2 Å². The Morgan fingerprint density at radius 3 is 2.75 bits per heavy atom. The topological polar surface area (TPSA) is 77.6 Å². The normalized spacial score (nSPS) is 15.1. The van der Waals surface area contributed by atoms with Crippen molar-refractivity contribution in [2.24, 2.45) is 0 Å². The summed E-state index contributed by atoms with van der Waals surface area (Å²) in [5.41, 5.74) is 0.783. The highest BCUT2D eigenvalue weighted by Gasteiger charge is 2.17. The highest BCUT2D eigenvalue weighted by Crippen LogP contribution is 2.35. The van der Waals surface area contributed by atoms with Crippen molar-refractivity contribution in [2.75, 3.05) is 13.2 Å². The number of nitrogens with zero attached hydrogens (tertiary/aromatic N) is 2. The molecule has 0 radical (unpaired) electrons. The molecule has 1 aliphatic rings. The Balaban J connectivity index is 1.63. The predicted octanol–water partition coefficient (Wildman–Crippen LogP) is 3.68. The Labute approximate surface area is 142 Å². The minimum Gasteiger partial charge on any atom is -0.490 e. The molecule has 7 heteroatoms. The second kappa shape index (κ2) is 6.26. The fraction of sp³-hybridized carbons (Fsp3) is 0.294. The van der Waals surface area contributed by atoms with E-state index < -0.39 is 6.10 Å². The first-order valence-electron chi connectivity index (χ1n) is 7.72. The van der Waals surface area contributed by atoms with Gasteiger partial charge in [0, 0.05) is 16.9 Å². The molecule has 0 saturated carbocycles. The molecule has 6 nitrogen and oxygen atoms in total. The lowest BCUT2D eigenvalue weighted by Gasteiger charge is -2.07. The number of hydrogen-bond donors (Lipinski definition) is 1. The van der Waals surface area contributed by atoms with E-state index in [0.717, 1.165) is 27.5 Å². The van der Waals surface area contributed by atoms with Crippen molar-refractivity contribution in [1.82, 2.24) is 10.1 Å². The molecule has 0 fully saturated rings. The van der Waals surface area contributed by atoms with E-state index in [1.165, 1.54) is 11.3 Å². The van der Waals surface area contributed by atoms with Crippen LogP contribution in [-0.2, 0) is 0 Å². The zero-order chi connectivity index (χ0) is 16.5. The molecule has 3 aromatic rings. The van der Waals surface area contributed by atoms with Crippen LogP contribution in [0, 0.1) is 0 Å². The first-order valence-corrected chi connectivity index (χ1v) is 8.54. The lowest BCUT2D eigenvalue weighted by Crippen LogP contribution is -1.97. The highest BCUT2D eigenvalue weighted by atomic mass is 32.1. The van der Waals surface area contributed by atoms with Crippen LogP contribution in [0.3, 0.4) is 0 Å². The van der Waals surface area contributed by atoms with Crippen molar-refractivity contribution in [1.29, 1.82) is 0 Å². The Bertz CT molecular complexity index is 856. The first-order chi connectivity index (χ1) is 11.7. The fourth-order valence-electron chi connectivity index (χ4n) is 2.43. The van der Waals surface area contributed by atoms with Gasteiger partial charge in [0.25, 0.3) is 5.89 Å². The number of thiophene rings is 1. The SMILES string of the molecule is CC(O)c1ccc(-c2noc(-c3ccc4c(c3)OCCCO4)n2)s1. The number of aliphatic hydroxyl groups excluding tert-OH is 1. The zero-order valence-corrected chi connectivity index (χ0v) is 13.9. The lowest BCUT2D eigenvalue weighted by molar-refractivity contribution is 0.203. The van der Waals surface area contributed by atoms with Crippen LogP contribution in [0.4, 0.5) is 0 Å². The summed E-state index contributed by atoms with van der Waals surface area (Å²) in [6.45, 7) is 3.01. The first kappa shape index (κ1) is 15.2. The van der Waals surface area contributed by atoms with Gasteiger partial charge in [0.15, 0.2) is 11.5 Å². The van der Waals surface area contributed by atoms with E-state index in [9.17, 15) is 5.11 Å². The Kier molecular flexibility index (Phi) is 3.95. The summed E-state index contributed by atoms with van der Waals surface area (Å²) in [5.74, 6) is 2.36. The fourth-order valence-corrected chi connectivity index (χ4v) is 3.31. The van der Waals surface area contributed by atoms with Crippen LogP contribution in [0.1, 0.15) is 24.3 Å². The molecule has 0 spiro atoms. The summed E-state index contributed by atoms with van der Waals surface area (Å²) in [5, 5.41) is 13.7. The molecule has 124 valence electrons. The molecule has 4 rings (SSSR count). The molecule has 1 aromatic carbocycles. The van der Waals surface area contributed by atoms with Crippen molar-refractivity contribution in [3.05, 3.63) is 35.2 Å². The third-order valence-electron chi connectivity index (χ3n) is 3.68. The molecule has 3 heterocycles. The van der Waals surface area contributed by atoms with E-state index in [1.54, 1.807) is 6.92 Å². The van der Waals surface area contributed by atoms with Crippen molar-refractivity contribution >= 4 is 11.3 Å². The molecule has 0 saturated heterocycles. The van der Waals surface area contributed by atoms with Gasteiger partial charge in [0.05, 0.1) is 24.2 Å². The molecule has 2 aromatic heterocycles. The van der Waals surface area contributed by atoms with Crippen LogP contribution in [0.5, 0.6) is 11.5 Å². The average molecular weight is 344 g/mol. The minimum atomic E-state index is -0.503. The van der Waals surface area contributed by atoms with Gasteiger partial charge in [-0.15, -0.1) is 11.3 Å². The number of hydrogen-bond acceptors (Lipinski definition) is 7. The van der Waals surface area contributed by atoms with E-state index in [0.29, 0.717) is 30.7 Å². The number of aromatic nitrogens is 2. The zero-order valence-electron chi connectivity index (χ0n) is 13.1. The van der Waals surface area contributed by atoms with Crippen LogP contribution >= 0.6 is 11.3 Å². The van der Waals surface area contributed by atoms with Crippen molar-refractivity contribution in [3.8, 4) is 33.7 Å². The Morgan fingerprint density at radius 1 is 1.12 bits per heavy atom. The molecular formula is C17H16N2O4S. The quantitative estimate of drug-likeness (QED) is 0.781. The maximum absolute atomic E-state index is 9.62. The van der Waals surface area contributed by atoms with Crippen LogP contribution in [0.2, 0.25) is 0 Å². The second-order valence-corrected chi connectivity index (χ2v) is 6.63. The summed E-state index contributed by atoms with van der Waals surface area (Å²) < 4.78 is 16.7. The van der Waals surface area contributed by atoms with Crippen molar-refractivity contribution < 1.29 is 19.1 Å². The van der Waals surface area contributed by atoms with Gasteiger partial charge in [-0.05, 0) is 37.3 Å². The van der Waals surface area contributed by atoms with Crippen LogP contribution in [-0.4, -0.2) is 28.5 Å². The van der Waals surface area contributed by atoms with E-state index in [2.05, 4.69) is 10.1 Å². The van der Waals surface area contributed by atoms with Gasteiger partial charge in [0.2, 0.25) is 5.82 Å². The number of benzene rings is 1. The molecule has 1 atom stereocenters. The van der Waals surface area contributed by atoms with Gasteiger partial charge in [-0.25, -0.2) is 0 Å². The lowest BCUT2D eigenvalue weighted by atomic mass is 10.2. The van der Waals surface area contributed by atoms with E-state index in [4.69, 9.17) is 14.0 Å². The average Bonchev–Trinajstić information content (AvgIpc) is 3.19. The monoisotopic (exact) mass is 344 g/mol.